The van der Waals surface area contributed by atoms with Gasteiger partial charge in [-0.25, -0.2) is 0 Å². The fourth-order valence-electron chi connectivity index (χ4n) is 2.49. The molecule has 0 bridgehead atoms. The quantitative estimate of drug-likeness (QED) is 0.212. The van der Waals surface area contributed by atoms with Crippen molar-refractivity contribution < 1.29 is 5.11 Å². The first kappa shape index (κ1) is 28.8. The standard InChI is InChI=1S/C31H36O/c1-3-5-6-7-8-9-10-11-12-13-14-15-16-17-18-19-20-21-22-23-24-25-26-27-28-29-30-31(32)4-2/h1-2,5-6,29-32H,7-9,12-14,17-19,24-28H2/b6-5-,30-29+/t31-/m1/s1. The number of terminal acetylenes is 2. The minimum absolute atomic E-state index is 0.759. The topological polar surface area (TPSA) is 20.2 Å². The summed E-state index contributed by atoms with van der Waals surface area (Å²) in [6.07, 6.45) is 30.5. The van der Waals surface area contributed by atoms with E-state index in [1.54, 1.807) is 12.2 Å². The first-order valence-electron chi connectivity index (χ1n) is 11.6. The van der Waals surface area contributed by atoms with Gasteiger partial charge in [-0.15, -0.1) is 36.5 Å². The van der Waals surface area contributed by atoms with Gasteiger partial charge >= 0.3 is 0 Å². The van der Waals surface area contributed by atoms with Gasteiger partial charge in [0, 0.05) is 38.5 Å². The Bertz CT molecular complexity index is 857. The third-order valence-corrected chi connectivity index (χ3v) is 4.24. The molecule has 0 aromatic carbocycles. The normalized spacial score (nSPS) is 10.3. The van der Waals surface area contributed by atoms with Gasteiger partial charge in [-0.3, -0.25) is 0 Å². The minimum atomic E-state index is -0.759. The summed E-state index contributed by atoms with van der Waals surface area (Å²) in [6, 6.07) is 0. The van der Waals surface area contributed by atoms with E-state index in [0.29, 0.717) is 0 Å². The maximum atomic E-state index is 9.18. The molecular weight excluding hydrogens is 388 g/mol. The van der Waals surface area contributed by atoms with Crippen LogP contribution in [-0.4, -0.2) is 11.2 Å². The van der Waals surface area contributed by atoms with Crippen molar-refractivity contribution in [3.05, 3.63) is 24.3 Å². The van der Waals surface area contributed by atoms with Crippen LogP contribution in [0.5, 0.6) is 0 Å². The van der Waals surface area contributed by atoms with Crippen molar-refractivity contribution >= 4 is 0 Å². The Balaban J connectivity index is 3.51. The first-order valence-corrected chi connectivity index (χ1v) is 11.6. The monoisotopic (exact) mass is 424 g/mol. The maximum absolute atomic E-state index is 9.18. The Hall–Kier alpha value is -3.20. The van der Waals surface area contributed by atoms with Crippen LogP contribution in [0.3, 0.4) is 0 Å². The smallest absolute Gasteiger partial charge is 0.133 e. The van der Waals surface area contributed by atoms with E-state index in [0.717, 1.165) is 89.9 Å². The molecule has 32 heavy (non-hydrogen) atoms. The first-order chi connectivity index (χ1) is 15.8. The predicted molar refractivity (Wildman–Crippen MR) is 138 cm³/mol. The molecule has 1 nitrogen and oxygen atoms in total. The molecule has 0 saturated heterocycles. The van der Waals surface area contributed by atoms with Crippen LogP contribution in [0.2, 0.25) is 0 Å². The number of allylic oxidation sites excluding steroid dienone is 3. The van der Waals surface area contributed by atoms with Gasteiger partial charge in [-0.05, 0) is 68.9 Å². The highest BCUT2D eigenvalue weighted by molar-refractivity contribution is 5.25. The molecule has 0 saturated carbocycles. The lowest BCUT2D eigenvalue weighted by molar-refractivity contribution is 0.280. The van der Waals surface area contributed by atoms with Crippen molar-refractivity contribution in [3.63, 3.8) is 0 Å². The third kappa shape index (κ3) is 24.8. The van der Waals surface area contributed by atoms with Crippen molar-refractivity contribution in [1.82, 2.24) is 0 Å². The van der Waals surface area contributed by atoms with E-state index in [9.17, 15) is 5.11 Å². The SMILES string of the molecule is C#C/C=C\CCCC#CCCCC#CCCCC#CC#CCCCCC/C=C/[C@H](O)C#C. The Morgan fingerprint density at radius 2 is 1.12 bits per heavy atom. The molecule has 1 atom stereocenters. The zero-order valence-electron chi connectivity index (χ0n) is 19.4. The summed E-state index contributed by atoms with van der Waals surface area (Å²) >= 11 is 0. The van der Waals surface area contributed by atoms with Crippen LogP contribution in [-0.2, 0) is 0 Å². The number of hydrogen-bond acceptors (Lipinski definition) is 1. The van der Waals surface area contributed by atoms with Crippen LogP contribution in [0.1, 0.15) is 89.9 Å². The molecule has 0 fully saturated rings. The molecule has 0 aliphatic carbocycles. The Kier molecular flexibility index (Phi) is 23.3. The predicted octanol–water partition coefficient (Wildman–Crippen LogP) is 6.20. The average Bonchev–Trinajstić information content (AvgIpc) is 2.81. The molecule has 0 aliphatic rings. The summed E-state index contributed by atoms with van der Waals surface area (Å²) < 4.78 is 0. The van der Waals surface area contributed by atoms with Crippen LogP contribution in [0.25, 0.3) is 0 Å². The highest BCUT2D eigenvalue weighted by Crippen LogP contribution is 2.03. The van der Waals surface area contributed by atoms with E-state index in [-0.39, 0.29) is 0 Å². The maximum Gasteiger partial charge on any atom is 0.133 e. The summed E-state index contributed by atoms with van der Waals surface area (Å²) in [5, 5.41) is 9.18. The number of aliphatic hydroxyl groups excluding tert-OH is 1. The highest BCUT2D eigenvalue weighted by Gasteiger charge is 1.89. The second kappa shape index (κ2) is 25.8. The molecule has 0 unspecified atom stereocenters. The van der Waals surface area contributed by atoms with E-state index >= 15 is 0 Å². The summed E-state index contributed by atoms with van der Waals surface area (Å²) in [6.45, 7) is 0. The Morgan fingerprint density at radius 3 is 1.72 bits per heavy atom. The van der Waals surface area contributed by atoms with E-state index in [1.165, 1.54) is 0 Å². The van der Waals surface area contributed by atoms with Crippen LogP contribution >= 0.6 is 0 Å². The Morgan fingerprint density at radius 1 is 0.594 bits per heavy atom. The number of rotatable bonds is 13. The van der Waals surface area contributed by atoms with Crippen molar-refractivity contribution in [2.24, 2.45) is 0 Å². The second-order valence-electron chi connectivity index (χ2n) is 7.12. The molecule has 166 valence electrons. The highest BCUT2D eigenvalue weighted by atomic mass is 16.3. The molecule has 0 aliphatic heterocycles. The number of aliphatic hydroxyl groups is 1. The zero-order valence-corrected chi connectivity index (χ0v) is 19.4. The van der Waals surface area contributed by atoms with Gasteiger partial charge in [-0.1, -0.05) is 42.3 Å². The molecule has 1 N–H and O–H groups in total. The van der Waals surface area contributed by atoms with Crippen molar-refractivity contribution in [2.45, 2.75) is 96.0 Å². The minimum Gasteiger partial charge on any atom is -0.377 e. The average molecular weight is 425 g/mol. The molecule has 0 aromatic heterocycles. The van der Waals surface area contributed by atoms with Gasteiger partial charge < -0.3 is 5.11 Å². The van der Waals surface area contributed by atoms with Gasteiger partial charge in [0.15, 0.2) is 0 Å². The van der Waals surface area contributed by atoms with Crippen molar-refractivity contribution in [2.75, 3.05) is 0 Å². The van der Waals surface area contributed by atoms with Crippen LogP contribution in [0.15, 0.2) is 24.3 Å². The van der Waals surface area contributed by atoms with E-state index in [1.807, 2.05) is 12.2 Å². The summed E-state index contributed by atoms with van der Waals surface area (Å²) in [5.74, 6) is 29.6. The third-order valence-electron chi connectivity index (χ3n) is 4.24. The summed E-state index contributed by atoms with van der Waals surface area (Å²) in [4.78, 5) is 0. The van der Waals surface area contributed by atoms with Gasteiger partial charge in [0.2, 0.25) is 0 Å². The molecule has 0 radical (unpaired) electrons. The molecule has 1 heteroatoms. The molecule has 0 rings (SSSR count). The summed E-state index contributed by atoms with van der Waals surface area (Å²) in [5.41, 5.74) is 0. The molecule has 0 heterocycles. The van der Waals surface area contributed by atoms with Gasteiger partial charge in [0.05, 0.1) is 0 Å². The second-order valence-corrected chi connectivity index (χ2v) is 7.12. The fraction of sp³-hybridized carbons (Fsp3) is 0.484. The lowest BCUT2D eigenvalue weighted by atomic mass is 10.1. The largest absolute Gasteiger partial charge is 0.377 e. The number of unbranched alkanes of at least 4 members (excludes halogenated alkanes) is 10. The van der Waals surface area contributed by atoms with Crippen molar-refractivity contribution in [1.29, 1.82) is 0 Å². The van der Waals surface area contributed by atoms with E-state index in [4.69, 9.17) is 12.8 Å². The van der Waals surface area contributed by atoms with Crippen LogP contribution in [0.4, 0.5) is 0 Å². The molecule has 0 spiro atoms. The van der Waals surface area contributed by atoms with Crippen LogP contribution in [0, 0.1) is 72.1 Å². The van der Waals surface area contributed by atoms with E-state index in [2.05, 4.69) is 59.2 Å². The zero-order chi connectivity index (χ0) is 23.4. The van der Waals surface area contributed by atoms with Gasteiger partial charge in [-0.2, -0.15) is 0 Å². The van der Waals surface area contributed by atoms with E-state index < -0.39 is 6.10 Å². The summed E-state index contributed by atoms with van der Waals surface area (Å²) in [7, 11) is 0. The van der Waals surface area contributed by atoms with Crippen molar-refractivity contribution in [3.8, 4) is 72.1 Å². The molecule has 0 amide bonds. The lowest BCUT2D eigenvalue weighted by Gasteiger charge is -1.95. The van der Waals surface area contributed by atoms with Gasteiger partial charge in [0.25, 0.3) is 0 Å². The fourth-order valence-corrected chi connectivity index (χ4v) is 2.49. The number of hydrogen-bond donors (Lipinski definition) is 1. The lowest BCUT2D eigenvalue weighted by Crippen LogP contribution is -1.95. The molecule has 0 aromatic rings. The van der Waals surface area contributed by atoms with Gasteiger partial charge in [0.1, 0.15) is 6.10 Å². The Labute approximate surface area is 197 Å². The molecular formula is C31H36O. The van der Waals surface area contributed by atoms with Crippen LogP contribution < -0.4 is 0 Å².